The molecule has 1 aliphatic heterocycles. The minimum absolute atomic E-state index is 0.0765. The second-order valence-electron chi connectivity index (χ2n) is 9.42. The molecule has 0 aliphatic carbocycles. The van der Waals surface area contributed by atoms with Crippen molar-refractivity contribution >= 4 is 32.9 Å². The quantitative estimate of drug-likeness (QED) is 0.410. The van der Waals surface area contributed by atoms with E-state index in [9.17, 15) is 12.8 Å². The van der Waals surface area contributed by atoms with Crippen LogP contribution in [0.4, 0.5) is 21.8 Å². The molecule has 0 saturated carbocycles. The van der Waals surface area contributed by atoms with E-state index in [1.807, 2.05) is 29.2 Å². The molecule has 4 heterocycles. The van der Waals surface area contributed by atoms with Crippen LogP contribution in [0, 0.1) is 5.82 Å². The number of nitrogens with one attached hydrogen (secondary N) is 1. The van der Waals surface area contributed by atoms with Gasteiger partial charge in [-0.1, -0.05) is 13.8 Å². The van der Waals surface area contributed by atoms with E-state index in [2.05, 4.69) is 44.0 Å². The monoisotopic (exact) mass is 509 g/mol. The molecule has 36 heavy (non-hydrogen) atoms. The number of anilines is 3. The Balaban J connectivity index is 1.32. The first kappa shape index (κ1) is 24.1. The zero-order valence-corrected chi connectivity index (χ0v) is 21.2. The molecule has 9 nitrogen and oxygen atoms in total. The van der Waals surface area contributed by atoms with Crippen molar-refractivity contribution in [2.24, 2.45) is 0 Å². The van der Waals surface area contributed by atoms with Crippen LogP contribution in [-0.4, -0.2) is 52.1 Å². The van der Waals surface area contributed by atoms with Gasteiger partial charge in [0.05, 0.1) is 10.6 Å². The number of sulfone groups is 1. The standard InChI is InChI=1S/C25H28FN7O2S/c1-16(2)18-13-29-25(30-14-18)32-9-6-17(7-10-32)22-15-28-24-23(27-8-11-33(22)24)31-21-5-4-19(12-20(21)26)36(3,34)35/h4-5,8,11-17H,6-7,9-10H2,1-3H3,(H,27,31). The first-order valence-corrected chi connectivity index (χ1v) is 13.8. The number of rotatable bonds is 6. The maximum Gasteiger partial charge on any atom is 0.225 e. The van der Waals surface area contributed by atoms with Crippen LogP contribution in [0.5, 0.6) is 0 Å². The van der Waals surface area contributed by atoms with Crippen molar-refractivity contribution in [2.45, 2.75) is 43.4 Å². The van der Waals surface area contributed by atoms with E-state index in [4.69, 9.17) is 0 Å². The fraction of sp³-hybridized carbons (Fsp3) is 0.360. The number of hydrogen-bond donors (Lipinski definition) is 1. The van der Waals surface area contributed by atoms with Crippen molar-refractivity contribution in [2.75, 3.05) is 29.6 Å². The predicted octanol–water partition coefficient (Wildman–Crippen LogP) is 4.31. The van der Waals surface area contributed by atoms with E-state index in [1.54, 1.807) is 6.20 Å². The Labute approximate surface area is 209 Å². The lowest BCUT2D eigenvalue weighted by atomic mass is 9.94. The van der Waals surface area contributed by atoms with Crippen LogP contribution in [0.3, 0.4) is 0 Å². The highest BCUT2D eigenvalue weighted by molar-refractivity contribution is 7.90. The molecule has 11 heteroatoms. The molecule has 4 aromatic rings. The van der Waals surface area contributed by atoms with Crippen molar-refractivity contribution in [3.63, 3.8) is 0 Å². The van der Waals surface area contributed by atoms with E-state index in [1.165, 1.54) is 12.1 Å². The highest BCUT2D eigenvalue weighted by Gasteiger charge is 2.25. The summed E-state index contributed by atoms with van der Waals surface area (Å²) in [6, 6.07) is 3.76. The third kappa shape index (κ3) is 4.75. The predicted molar refractivity (Wildman–Crippen MR) is 136 cm³/mol. The van der Waals surface area contributed by atoms with Gasteiger partial charge in [0.15, 0.2) is 21.3 Å². The minimum Gasteiger partial charge on any atom is -0.341 e. The number of fused-ring (bicyclic) bond motifs is 1. The van der Waals surface area contributed by atoms with E-state index in [0.29, 0.717) is 23.3 Å². The minimum atomic E-state index is -3.50. The summed E-state index contributed by atoms with van der Waals surface area (Å²) in [5, 5.41) is 2.96. The van der Waals surface area contributed by atoms with E-state index in [0.717, 1.165) is 55.5 Å². The summed E-state index contributed by atoms with van der Waals surface area (Å²) in [5.74, 6) is 1.18. The zero-order valence-electron chi connectivity index (χ0n) is 20.4. The van der Waals surface area contributed by atoms with Gasteiger partial charge in [-0.2, -0.15) is 0 Å². The molecule has 1 N–H and O–H groups in total. The number of aromatic nitrogens is 5. The number of nitrogens with zero attached hydrogens (tertiary/aromatic N) is 6. The molecular formula is C25H28FN7O2S. The average Bonchev–Trinajstić information content (AvgIpc) is 3.30. The summed E-state index contributed by atoms with van der Waals surface area (Å²) in [5.41, 5.74) is 2.90. The van der Waals surface area contributed by atoms with Crippen LogP contribution in [0.2, 0.25) is 0 Å². The van der Waals surface area contributed by atoms with Gasteiger partial charge in [-0.25, -0.2) is 32.7 Å². The van der Waals surface area contributed by atoms with Gasteiger partial charge in [-0.15, -0.1) is 0 Å². The van der Waals surface area contributed by atoms with Gasteiger partial charge in [0.25, 0.3) is 0 Å². The lowest BCUT2D eigenvalue weighted by molar-refractivity contribution is 0.488. The summed E-state index contributed by atoms with van der Waals surface area (Å²) in [7, 11) is -3.50. The van der Waals surface area contributed by atoms with Gasteiger partial charge in [-0.3, -0.25) is 4.40 Å². The summed E-state index contributed by atoms with van der Waals surface area (Å²) < 4.78 is 40.0. The van der Waals surface area contributed by atoms with E-state index >= 15 is 0 Å². The van der Waals surface area contributed by atoms with E-state index in [-0.39, 0.29) is 10.6 Å². The second kappa shape index (κ2) is 9.45. The van der Waals surface area contributed by atoms with Crippen LogP contribution in [-0.2, 0) is 9.84 Å². The van der Waals surface area contributed by atoms with Crippen molar-refractivity contribution < 1.29 is 12.8 Å². The smallest absolute Gasteiger partial charge is 0.225 e. The number of benzene rings is 1. The first-order chi connectivity index (χ1) is 17.2. The number of piperidine rings is 1. The molecule has 5 rings (SSSR count). The van der Waals surface area contributed by atoms with Gasteiger partial charge in [-0.05, 0) is 42.5 Å². The van der Waals surface area contributed by atoms with E-state index < -0.39 is 15.7 Å². The molecule has 0 spiro atoms. The molecule has 1 aromatic carbocycles. The molecule has 0 atom stereocenters. The molecule has 0 unspecified atom stereocenters. The van der Waals surface area contributed by atoms with Crippen molar-refractivity contribution in [3.8, 4) is 0 Å². The molecule has 0 bridgehead atoms. The lowest BCUT2D eigenvalue weighted by Gasteiger charge is -2.31. The molecule has 0 radical (unpaired) electrons. The third-order valence-electron chi connectivity index (χ3n) is 6.60. The Hall–Kier alpha value is -3.60. The zero-order chi connectivity index (χ0) is 25.4. The molecule has 1 fully saturated rings. The molecule has 3 aromatic heterocycles. The number of hydrogen-bond acceptors (Lipinski definition) is 8. The molecule has 1 aliphatic rings. The first-order valence-electron chi connectivity index (χ1n) is 11.9. The van der Waals surface area contributed by atoms with Crippen molar-refractivity contribution in [3.05, 3.63) is 66.3 Å². The van der Waals surface area contributed by atoms with Crippen LogP contribution < -0.4 is 10.2 Å². The maximum absolute atomic E-state index is 14.6. The van der Waals surface area contributed by atoms with Gasteiger partial charge in [0.1, 0.15) is 5.82 Å². The molecule has 1 saturated heterocycles. The normalized spacial score (nSPS) is 15.1. The summed E-state index contributed by atoms with van der Waals surface area (Å²) in [6.07, 6.45) is 12.0. The number of halogens is 1. The second-order valence-corrected chi connectivity index (χ2v) is 11.4. The van der Waals surface area contributed by atoms with Crippen LogP contribution in [0.25, 0.3) is 5.65 Å². The summed E-state index contributed by atoms with van der Waals surface area (Å²) in [6.45, 7) is 5.93. The number of imidazole rings is 1. The maximum atomic E-state index is 14.6. The lowest BCUT2D eigenvalue weighted by Crippen LogP contribution is -2.34. The van der Waals surface area contributed by atoms with Crippen LogP contribution in [0.15, 0.2) is 54.1 Å². The van der Waals surface area contributed by atoms with Gasteiger partial charge < -0.3 is 10.2 Å². The fourth-order valence-electron chi connectivity index (χ4n) is 4.45. The average molecular weight is 510 g/mol. The Bertz CT molecular complexity index is 1490. The Morgan fingerprint density at radius 2 is 1.78 bits per heavy atom. The van der Waals surface area contributed by atoms with Gasteiger partial charge in [0.2, 0.25) is 5.95 Å². The Kier molecular flexibility index (Phi) is 6.33. The van der Waals surface area contributed by atoms with Gasteiger partial charge in [0, 0.05) is 61.9 Å². The Morgan fingerprint density at radius 3 is 2.42 bits per heavy atom. The van der Waals surface area contributed by atoms with Crippen molar-refractivity contribution in [1.29, 1.82) is 0 Å². The molecule has 0 amide bonds. The van der Waals surface area contributed by atoms with Crippen LogP contribution in [0.1, 0.15) is 49.8 Å². The van der Waals surface area contributed by atoms with Gasteiger partial charge >= 0.3 is 0 Å². The fourth-order valence-corrected chi connectivity index (χ4v) is 5.08. The summed E-state index contributed by atoms with van der Waals surface area (Å²) >= 11 is 0. The topological polar surface area (TPSA) is 105 Å². The highest BCUT2D eigenvalue weighted by Crippen LogP contribution is 2.32. The highest BCUT2D eigenvalue weighted by atomic mass is 32.2. The SMILES string of the molecule is CC(C)c1cnc(N2CCC(c3cnc4c(Nc5ccc(S(C)(=O)=O)cc5F)nccn34)CC2)nc1. The van der Waals surface area contributed by atoms with Crippen molar-refractivity contribution in [1.82, 2.24) is 24.3 Å². The Morgan fingerprint density at radius 1 is 1.06 bits per heavy atom. The molecular weight excluding hydrogens is 481 g/mol. The molecule has 188 valence electrons. The largest absolute Gasteiger partial charge is 0.341 e. The third-order valence-corrected chi connectivity index (χ3v) is 7.71. The van der Waals surface area contributed by atoms with Crippen LogP contribution >= 0.6 is 0 Å². The summed E-state index contributed by atoms with van der Waals surface area (Å²) in [4.78, 5) is 20.1.